The molecule has 0 bridgehead atoms. The summed E-state index contributed by atoms with van der Waals surface area (Å²) in [4.78, 5) is 11.7. The van der Waals surface area contributed by atoms with Gasteiger partial charge in [-0.05, 0) is 31.0 Å². The molecule has 2 rings (SSSR count). The van der Waals surface area contributed by atoms with Gasteiger partial charge in [-0.2, -0.15) is 0 Å². The van der Waals surface area contributed by atoms with E-state index in [2.05, 4.69) is 4.74 Å². The zero-order valence-electron chi connectivity index (χ0n) is 14.2. The Morgan fingerprint density at radius 1 is 0.960 bits per heavy atom. The molecule has 0 saturated carbocycles. The van der Waals surface area contributed by atoms with Gasteiger partial charge in [0.05, 0.1) is 26.6 Å². The van der Waals surface area contributed by atoms with Gasteiger partial charge in [-0.25, -0.2) is 4.79 Å². The van der Waals surface area contributed by atoms with Gasteiger partial charge in [-0.3, -0.25) is 0 Å². The van der Waals surface area contributed by atoms with Crippen molar-refractivity contribution >= 4 is 11.5 Å². The molecule has 0 unspecified atom stereocenters. The van der Waals surface area contributed by atoms with Gasteiger partial charge >= 0.3 is 5.97 Å². The number of esters is 1. The Kier molecular flexibility index (Phi) is 7.38. The normalized spacial score (nSPS) is 11.0. The summed E-state index contributed by atoms with van der Waals surface area (Å²) >= 11 is 0. The largest absolute Gasteiger partial charge is 0.515 e. The summed E-state index contributed by atoms with van der Waals surface area (Å²) < 4.78 is 16.0. The van der Waals surface area contributed by atoms with Crippen molar-refractivity contribution in [3.63, 3.8) is 0 Å². The Morgan fingerprint density at radius 2 is 1.60 bits per heavy atom. The first-order chi connectivity index (χ1) is 12.3. The van der Waals surface area contributed by atoms with E-state index in [0.29, 0.717) is 24.5 Å². The van der Waals surface area contributed by atoms with Gasteiger partial charge in [0.15, 0.2) is 0 Å². The Balaban J connectivity index is 1.82. The highest BCUT2D eigenvalue weighted by Crippen LogP contribution is 2.26. The molecule has 2 aromatic rings. The average molecular weight is 342 g/mol. The highest BCUT2D eigenvalue weighted by molar-refractivity contribution is 6.16. The SMILES string of the molecule is COC(=O)/C(=C\O)c1ccccc1OCCCCOc1ccccc1. The van der Waals surface area contributed by atoms with E-state index in [4.69, 9.17) is 9.47 Å². The lowest BCUT2D eigenvalue weighted by Gasteiger charge is -2.12. The molecule has 1 N–H and O–H groups in total. The molecule has 132 valence electrons. The van der Waals surface area contributed by atoms with Crippen LogP contribution in [0.2, 0.25) is 0 Å². The van der Waals surface area contributed by atoms with E-state index in [-0.39, 0.29) is 5.57 Å². The molecule has 0 fully saturated rings. The first kappa shape index (κ1) is 18.4. The molecule has 0 saturated heterocycles. The van der Waals surface area contributed by atoms with Crippen LogP contribution in [0, 0.1) is 0 Å². The van der Waals surface area contributed by atoms with E-state index < -0.39 is 5.97 Å². The van der Waals surface area contributed by atoms with E-state index in [1.807, 2.05) is 36.4 Å². The maximum absolute atomic E-state index is 11.7. The minimum atomic E-state index is -0.616. The average Bonchev–Trinajstić information content (AvgIpc) is 2.66. The molecular weight excluding hydrogens is 320 g/mol. The second kappa shape index (κ2) is 10.0. The van der Waals surface area contributed by atoms with Crippen molar-refractivity contribution in [1.82, 2.24) is 0 Å². The number of aliphatic hydroxyl groups excluding tert-OH is 1. The van der Waals surface area contributed by atoms with Crippen LogP contribution in [-0.2, 0) is 9.53 Å². The number of carbonyl (C=O) groups excluding carboxylic acids is 1. The maximum atomic E-state index is 11.7. The number of rotatable bonds is 9. The van der Waals surface area contributed by atoms with Crippen LogP contribution in [0.25, 0.3) is 5.57 Å². The standard InChI is InChI=1S/C20H22O5/c1-23-20(22)18(15-21)17-11-5-6-12-19(17)25-14-8-7-13-24-16-9-3-2-4-10-16/h2-6,9-12,15,21H,7-8,13-14H2,1H3/b18-15-. The van der Waals surface area contributed by atoms with Crippen LogP contribution in [-0.4, -0.2) is 31.4 Å². The van der Waals surface area contributed by atoms with Gasteiger partial charge in [-0.1, -0.05) is 36.4 Å². The van der Waals surface area contributed by atoms with Crippen molar-refractivity contribution in [3.8, 4) is 11.5 Å². The molecule has 5 heteroatoms. The second-order valence-electron chi connectivity index (χ2n) is 5.25. The fourth-order valence-corrected chi connectivity index (χ4v) is 2.25. The lowest BCUT2D eigenvalue weighted by atomic mass is 10.1. The summed E-state index contributed by atoms with van der Waals surface area (Å²) in [5.41, 5.74) is 0.558. The number of hydrogen-bond donors (Lipinski definition) is 1. The molecule has 0 aromatic heterocycles. The van der Waals surface area contributed by atoms with E-state index >= 15 is 0 Å². The minimum Gasteiger partial charge on any atom is -0.515 e. The predicted molar refractivity (Wildman–Crippen MR) is 95.7 cm³/mol. The monoisotopic (exact) mass is 342 g/mol. The summed E-state index contributed by atoms with van der Waals surface area (Å²) in [6.07, 6.45) is 2.38. The first-order valence-electron chi connectivity index (χ1n) is 8.09. The topological polar surface area (TPSA) is 65.0 Å². The highest BCUT2D eigenvalue weighted by atomic mass is 16.5. The van der Waals surface area contributed by atoms with Crippen molar-refractivity contribution in [1.29, 1.82) is 0 Å². The third kappa shape index (κ3) is 5.57. The van der Waals surface area contributed by atoms with Crippen LogP contribution in [0.15, 0.2) is 60.9 Å². The third-order valence-electron chi connectivity index (χ3n) is 3.52. The van der Waals surface area contributed by atoms with E-state index in [9.17, 15) is 9.90 Å². The van der Waals surface area contributed by atoms with E-state index in [1.165, 1.54) is 7.11 Å². The predicted octanol–water partition coefficient (Wildman–Crippen LogP) is 4.00. The minimum absolute atomic E-state index is 0.0607. The van der Waals surface area contributed by atoms with Gasteiger partial charge in [0.1, 0.15) is 17.1 Å². The van der Waals surface area contributed by atoms with Gasteiger partial charge < -0.3 is 19.3 Å². The summed E-state index contributed by atoms with van der Waals surface area (Å²) in [5.74, 6) is 0.761. The third-order valence-corrected chi connectivity index (χ3v) is 3.52. The van der Waals surface area contributed by atoms with Gasteiger partial charge in [0.25, 0.3) is 0 Å². The van der Waals surface area contributed by atoms with Gasteiger partial charge in [-0.15, -0.1) is 0 Å². The fourth-order valence-electron chi connectivity index (χ4n) is 2.25. The van der Waals surface area contributed by atoms with Gasteiger partial charge in [0.2, 0.25) is 0 Å². The fraction of sp³-hybridized carbons (Fsp3) is 0.250. The van der Waals surface area contributed by atoms with Crippen LogP contribution < -0.4 is 9.47 Å². The first-order valence-corrected chi connectivity index (χ1v) is 8.09. The molecule has 0 aliphatic heterocycles. The lowest BCUT2D eigenvalue weighted by Crippen LogP contribution is -2.07. The quantitative estimate of drug-likeness (QED) is 0.323. The lowest BCUT2D eigenvalue weighted by molar-refractivity contribution is -0.133. The number of carbonyl (C=O) groups is 1. The Hall–Kier alpha value is -2.95. The number of para-hydroxylation sites is 2. The molecule has 0 spiro atoms. The highest BCUT2D eigenvalue weighted by Gasteiger charge is 2.16. The molecule has 0 aliphatic carbocycles. The number of benzene rings is 2. The number of methoxy groups -OCH3 is 1. The second-order valence-corrected chi connectivity index (χ2v) is 5.25. The number of hydrogen-bond acceptors (Lipinski definition) is 5. The zero-order chi connectivity index (χ0) is 17.9. The summed E-state index contributed by atoms with van der Waals surface area (Å²) in [5, 5.41) is 9.32. The number of unbranched alkanes of at least 4 members (excludes halogenated alkanes) is 1. The molecule has 25 heavy (non-hydrogen) atoms. The van der Waals surface area contributed by atoms with E-state index in [1.54, 1.807) is 18.2 Å². The Morgan fingerprint density at radius 3 is 2.28 bits per heavy atom. The van der Waals surface area contributed by atoms with Crippen molar-refractivity contribution in [2.24, 2.45) is 0 Å². The van der Waals surface area contributed by atoms with Crippen LogP contribution in [0.1, 0.15) is 18.4 Å². The van der Waals surface area contributed by atoms with Crippen molar-refractivity contribution in [2.45, 2.75) is 12.8 Å². The van der Waals surface area contributed by atoms with Crippen molar-refractivity contribution < 1.29 is 24.1 Å². The van der Waals surface area contributed by atoms with Crippen molar-refractivity contribution in [2.75, 3.05) is 20.3 Å². The zero-order valence-corrected chi connectivity index (χ0v) is 14.2. The molecule has 0 amide bonds. The molecule has 0 atom stereocenters. The summed E-state index contributed by atoms with van der Waals surface area (Å²) in [6, 6.07) is 16.7. The van der Waals surface area contributed by atoms with Gasteiger partial charge in [0, 0.05) is 5.56 Å². The molecule has 2 aromatic carbocycles. The Labute approximate surface area is 147 Å². The molecule has 0 radical (unpaired) electrons. The van der Waals surface area contributed by atoms with Crippen LogP contribution in [0.5, 0.6) is 11.5 Å². The molecule has 5 nitrogen and oxygen atoms in total. The summed E-state index contributed by atoms with van der Waals surface area (Å²) in [7, 11) is 1.27. The van der Waals surface area contributed by atoms with E-state index in [0.717, 1.165) is 24.9 Å². The Bertz CT molecular complexity index is 694. The van der Waals surface area contributed by atoms with Crippen molar-refractivity contribution in [3.05, 3.63) is 66.4 Å². The summed E-state index contributed by atoms with van der Waals surface area (Å²) in [6.45, 7) is 1.09. The van der Waals surface area contributed by atoms with Crippen LogP contribution >= 0.6 is 0 Å². The van der Waals surface area contributed by atoms with Crippen LogP contribution in [0.4, 0.5) is 0 Å². The molecular formula is C20H22O5. The molecule has 0 heterocycles. The number of ether oxygens (including phenoxy) is 3. The smallest absolute Gasteiger partial charge is 0.341 e. The molecule has 0 aliphatic rings. The number of aliphatic hydroxyl groups is 1. The van der Waals surface area contributed by atoms with Crippen LogP contribution in [0.3, 0.4) is 0 Å². The maximum Gasteiger partial charge on any atom is 0.341 e.